The number of carbonyl (C=O) groups excluding carboxylic acids is 1. The van der Waals surface area contributed by atoms with Gasteiger partial charge in [0.05, 0.1) is 14.2 Å². The number of hydrogen-bond donors (Lipinski definition) is 1. The summed E-state index contributed by atoms with van der Waals surface area (Å²) in [6.07, 6.45) is 4.22. The molecule has 0 fully saturated rings. The molecule has 29 heavy (non-hydrogen) atoms. The number of amides is 1. The minimum Gasteiger partial charge on any atom is -0.497 e. The second kappa shape index (κ2) is 9.23. The van der Waals surface area contributed by atoms with E-state index in [1.54, 1.807) is 38.7 Å². The lowest BCUT2D eigenvalue weighted by Gasteiger charge is -2.19. The summed E-state index contributed by atoms with van der Waals surface area (Å²) in [5, 5.41) is 3.02. The molecule has 1 heterocycles. The van der Waals surface area contributed by atoms with E-state index in [2.05, 4.69) is 10.3 Å². The van der Waals surface area contributed by atoms with Gasteiger partial charge in [-0.1, -0.05) is 12.1 Å². The summed E-state index contributed by atoms with van der Waals surface area (Å²) >= 11 is 0. The molecule has 0 spiro atoms. The number of aryl methyl sites for hydroxylation is 2. The predicted molar refractivity (Wildman–Crippen MR) is 107 cm³/mol. The second-order valence-corrected chi connectivity index (χ2v) is 6.63. The Hall–Kier alpha value is -3.35. The zero-order valence-corrected chi connectivity index (χ0v) is 16.7. The first-order valence-electron chi connectivity index (χ1n) is 9.24. The Morgan fingerprint density at radius 2 is 1.93 bits per heavy atom. The van der Waals surface area contributed by atoms with Gasteiger partial charge in [0.25, 0.3) is 0 Å². The highest BCUT2D eigenvalue weighted by Gasteiger charge is 2.21. The van der Waals surface area contributed by atoms with Crippen LogP contribution in [0, 0.1) is 5.82 Å². The summed E-state index contributed by atoms with van der Waals surface area (Å²) in [7, 11) is 5.04. The number of ether oxygens (including phenoxy) is 2. The molecule has 0 saturated carbocycles. The monoisotopic (exact) mass is 397 g/mol. The van der Waals surface area contributed by atoms with E-state index in [4.69, 9.17) is 9.47 Å². The molecule has 1 atom stereocenters. The largest absolute Gasteiger partial charge is 0.497 e. The van der Waals surface area contributed by atoms with Gasteiger partial charge in [-0.05, 0) is 47.9 Å². The van der Waals surface area contributed by atoms with Crippen LogP contribution in [0.1, 0.15) is 29.4 Å². The van der Waals surface area contributed by atoms with Crippen LogP contribution in [0.25, 0.3) is 0 Å². The first-order valence-corrected chi connectivity index (χ1v) is 9.24. The number of methoxy groups -OCH3 is 2. The van der Waals surface area contributed by atoms with Gasteiger partial charge in [-0.15, -0.1) is 0 Å². The standard InChI is InChI=1S/C22H24FN3O3/c1-26-13-12-24-22(26)21(15-4-7-17(23)8-5-15)25-20(27)11-6-16-14-18(28-2)9-10-19(16)29-3/h4-5,7-10,12-14,21H,6,11H2,1-3H3,(H,25,27). The molecular formula is C22H24FN3O3. The maximum absolute atomic E-state index is 13.3. The van der Waals surface area contributed by atoms with Crippen LogP contribution in [0.4, 0.5) is 4.39 Å². The highest BCUT2D eigenvalue weighted by Crippen LogP contribution is 2.26. The molecule has 0 aliphatic carbocycles. The van der Waals surface area contributed by atoms with Crippen molar-refractivity contribution >= 4 is 5.91 Å². The minimum atomic E-state index is -0.477. The van der Waals surface area contributed by atoms with Gasteiger partial charge in [0.15, 0.2) is 0 Å². The van der Waals surface area contributed by atoms with E-state index in [0.29, 0.717) is 23.7 Å². The number of rotatable bonds is 8. The zero-order valence-electron chi connectivity index (χ0n) is 16.7. The van der Waals surface area contributed by atoms with E-state index in [9.17, 15) is 9.18 Å². The Morgan fingerprint density at radius 3 is 2.55 bits per heavy atom. The van der Waals surface area contributed by atoms with Crippen molar-refractivity contribution in [3.63, 3.8) is 0 Å². The molecule has 3 rings (SSSR count). The number of nitrogens with zero attached hydrogens (tertiary/aromatic N) is 2. The van der Waals surface area contributed by atoms with Crippen molar-refractivity contribution in [2.24, 2.45) is 7.05 Å². The number of benzene rings is 2. The molecule has 0 aliphatic rings. The van der Waals surface area contributed by atoms with E-state index >= 15 is 0 Å². The summed E-state index contributed by atoms with van der Waals surface area (Å²) in [4.78, 5) is 17.1. The molecule has 3 aromatic rings. The van der Waals surface area contributed by atoms with Gasteiger partial charge in [0, 0.05) is 25.9 Å². The van der Waals surface area contributed by atoms with Gasteiger partial charge in [-0.3, -0.25) is 4.79 Å². The number of carbonyl (C=O) groups is 1. The van der Waals surface area contributed by atoms with E-state index in [1.807, 2.05) is 29.8 Å². The fourth-order valence-electron chi connectivity index (χ4n) is 3.17. The van der Waals surface area contributed by atoms with Gasteiger partial charge in [-0.25, -0.2) is 9.37 Å². The van der Waals surface area contributed by atoms with E-state index < -0.39 is 6.04 Å². The van der Waals surface area contributed by atoms with Gasteiger partial charge in [0.1, 0.15) is 29.2 Å². The fourth-order valence-corrected chi connectivity index (χ4v) is 3.17. The number of imidazole rings is 1. The molecule has 0 aliphatic heterocycles. The number of halogens is 1. The van der Waals surface area contributed by atoms with Gasteiger partial charge < -0.3 is 19.4 Å². The fraction of sp³-hybridized carbons (Fsp3) is 0.273. The van der Waals surface area contributed by atoms with Gasteiger partial charge in [-0.2, -0.15) is 0 Å². The zero-order chi connectivity index (χ0) is 20.8. The third-order valence-corrected chi connectivity index (χ3v) is 4.73. The van der Waals surface area contributed by atoms with Crippen LogP contribution < -0.4 is 14.8 Å². The summed E-state index contributed by atoms with van der Waals surface area (Å²) in [5.41, 5.74) is 1.64. The van der Waals surface area contributed by atoms with Crippen LogP contribution in [0.15, 0.2) is 54.9 Å². The molecule has 2 aromatic carbocycles. The van der Waals surface area contributed by atoms with Gasteiger partial charge in [0.2, 0.25) is 5.91 Å². The molecule has 0 radical (unpaired) electrons. The van der Waals surface area contributed by atoms with E-state index in [-0.39, 0.29) is 18.1 Å². The first-order chi connectivity index (χ1) is 14.0. The number of aromatic nitrogens is 2. The summed E-state index contributed by atoms with van der Waals surface area (Å²) < 4.78 is 25.8. The number of hydrogen-bond acceptors (Lipinski definition) is 4. The Kier molecular flexibility index (Phi) is 6.49. The Morgan fingerprint density at radius 1 is 1.17 bits per heavy atom. The molecule has 1 unspecified atom stereocenters. The molecule has 1 aromatic heterocycles. The summed E-state index contributed by atoms with van der Waals surface area (Å²) in [5.74, 6) is 1.61. The van der Waals surface area contributed by atoms with Crippen molar-refractivity contribution in [2.45, 2.75) is 18.9 Å². The van der Waals surface area contributed by atoms with Crippen molar-refractivity contribution in [3.05, 3.63) is 77.6 Å². The quantitative estimate of drug-likeness (QED) is 0.633. The molecule has 1 N–H and O–H groups in total. The maximum Gasteiger partial charge on any atom is 0.221 e. The molecular weight excluding hydrogens is 373 g/mol. The summed E-state index contributed by atoms with van der Waals surface area (Å²) in [6, 6.07) is 11.1. The van der Waals surface area contributed by atoms with Crippen molar-refractivity contribution in [1.82, 2.24) is 14.9 Å². The SMILES string of the molecule is COc1ccc(OC)c(CCC(=O)NC(c2ccc(F)cc2)c2nccn2C)c1. The van der Waals surface area contributed by atoms with Crippen LogP contribution in [0.5, 0.6) is 11.5 Å². The highest BCUT2D eigenvalue weighted by atomic mass is 19.1. The normalized spacial score (nSPS) is 11.7. The van der Waals surface area contributed by atoms with Gasteiger partial charge >= 0.3 is 0 Å². The number of nitrogens with one attached hydrogen (secondary N) is 1. The van der Waals surface area contributed by atoms with Crippen LogP contribution >= 0.6 is 0 Å². The molecule has 7 heteroatoms. The molecule has 152 valence electrons. The van der Waals surface area contributed by atoms with Crippen LogP contribution in [0.3, 0.4) is 0 Å². The Bertz CT molecular complexity index is 970. The van der Waals surface area contributed by atoms with E-state index in [0.717, 1.165) is 11.1 Å². The van der Waals surface area contributed by atoms with Crippen LogP contribution in [-0.2, 0) is 18.3 Å². The Balaban J connectivity index is 1.76. The highest BCUT2D eigenvalue weighted by molar-refractivity contribution is 5.77. The van der Waals surface area contributed by atoms with Crippen molar-refractivity contribution in [3.8, 4) is 11.5 Å². The van der Waals surface area contributed by atoms with Crippen LogP contribution in [0.2, 0.25) is 0 Å². The lowest BCUT2D eigenvalue weighted by atomic mass is 10.0. The average Bonchev–Trinajstić information content (AvgIpc) is 3.16. The Labute approximate surface area is 169 Å². The smallest absolute Gasteiger partial charge is 0.221 e. The molecule has 0 bridgehead atoms. The maximum atomic E-state index is 13.3. The topological polar surface area (TPSA) is 65.4 Å². The first kappa shape index (κ1) is 20.4. The lowest BCUT2D eigenvalue weighted by molar-refractivity contribution is -0.121. The summed E-state index contributed by atoms with van der Waals surface area (Å²) in [6.45, 7) is 0. The van der Waals surface area contributed by atoms with Crippen molar-refractivity contribution < 1.29 is 18.7 Å². The van der Waals surface area contributed by atoms with Crippen molar-refractivity contribution in [2.75, 3.05) is 14.2 Å². The van der Waals surface area contributed by atoms with E-state index in [1.165, 1.54) is 12.1 Å². The molecule has 1 amide bonds. The lowest BCUT2D eigenvalue weighted by Crippen LogP contribution is -2.31. The average molecular weight is 397 g/mol. The molecule has 6 nitrogen and oxygen atoms in total. The third kappa shape index (κ3) is 4.93. The van der Waals surface area contributed by atoms with Crippen molar-refractivity contribution in [1.29, 1.82) is 0 Å². The molecule has 0 saturated heterocycles. The third-order valence-electron chi connectivity index (χ3n) is 4.73. The van der Waals surface area contributed by atoms with Crippen LogP contribution in [-0.4, -0.2) is 29.7 Å². The second-order valence-electron chi connectivity index (χ2n) is 6.63. The minimum absolute atomic E-state index is 0.146. The predicted octanol–water partition coefficient (Wildman–Crippen LogP) is 3.41.